The molecule has 0 amide bonds. The Bertz CT molecular complexity index is 325. The van der Waals surface area contributed by atoms with Crippen LogP contribution in [0.5, 0.6) is 5.75 Å². The molecule has 0 aliphatic carbocycles. The predicted octanol–water partition coefficient (Wildman–Crippen LogP) is 2.80. The van der Waals surface area contributed by atoms with Crippen molar-refractivity contribution in [2.75, 3.05) is 0 Å². The van der Waals surface area contributed by atoms with E-state index in [0.717, 1.165) is 12.0 Å². The van der Waals surface area contributed by atoms with Crippen molar-refractivity contribution >= 4 is 11.6 Å². The van der Waals surface area contributed by atoms with Crippen molar-refractivity contribution in [1.82, 2.24) is 0 Å². The lowest BCUT2D eigenvalue weighted by Crippen LogP contribution is -2.05. The quantitative estimate of drug-likeness (QED) is 0.606. The zero-order chi connectivity index (χ0) is 8.72. The molecule has 0 radical (unpaired) electrons. The van der Waals surface area contributed by atoms with Gasteiger partial charge in [0.1, 0.15) is 17.7 Å². The molecule has 2 rings (SSSR count). The average Bonchev–Trinajstić information content (AvgIpc) is 2.29. The van der Waals surface area contributed by atoms with Crippen LogP contribution in [0.1, 0.15) is 12.5 Å². The Morgan fingerprint density at radius 1 is 1.58 bits per heavy atom. The number of ether oxygens (including phenoxy) is 1. The second-order valence-electron chi connectivity index (χ2n) is 3.01. The molecule has 1 aliphatic heterocycles. The van der Waals surface area contributed by atoms with Crippen LogP contribution in [0, 0.1) is 5.82 Å². The third-order valence-electron chi connectivity index (χ3n) is 1.91. The van der Waals surface area contributed by atoms with Crippen LogP contribution in [0.4, 0.5) is 4.39 Å². The van der Waals surface area contributed by atoms with Crippen molar-refractivity contribution in [2.45, 2.75) is 19.4 Å². The summed E-state index contributed by atoms with van der Waals surface area (Å²) < 4.78 is 18.2. The molecule has 1 atom stereocenters. The summed E-state index contributed by atoms with van der Waals surface area (Å²) in [5.74, 6) is 0.349. The highest BCUT2D eigenvalue weighted by molar-refractivity contribution is 6.32. The van der Waals surface area contributed by atoms with Crippen LogP contribution in [0.15, 0.2) is 12.1 Å². The third kappa shape index (κ3) is 1.16. The molecule has 0 spiro atoms. The van der Waals surface area contributed by atoms with Crippen molar-refractivity contribution < 1.29 is 9.13 Å². The van der Waals surface area contributed by atoms with Gasteiger partial charge in [0.15, 0.2) is 0 Å². The molecule has 1 aliphatic rings. The smallest absolute Gasteiger partial charge is 0.141 e. The summed E-state index contributed by atoms with van der Waals surface area (Å²) in [6.45, 7) is 1.94. The standard InChI is InChI=1S/C9H8ClFO/c1-5-2-6-3-7(11)4-8(10)9(6)12-5/h3-5H,2H2,1H3. The van der Waals surface area contributed by atoms with Gasteiger partial charge < -0.3 is 4.74 Å². The van der Waals surface area contributed by atoms with Crippen LogP contribution in [0.3, 0.4) is 0 Å². The zero-order valence-electron chi connectivity index (χ0n) is 6.60. The summed E-state index contributed by atoms with van der Waals surface area (Å²) >= 11 is 5.78. The second kappa shape index (κ2) is 2.63. The van der Waals surface area contributed by atoms with Crippen LogP contribution < -0.4 is 4.74 Å². The Morgan fingerprint density at radius 3 is 3.08 bits per heavy atom. The molecular formula is C9H8ClFO. The number of fused-ring (bicyclic) bond motifs is 1. The molecule has 0 saturated carbocycles. The Balaban J connectivity index is 2.52. The average molecular weight is 187 g/mol. The van der Waals surface area contributed by atoms with E-state index in [-0.39, 0.29) is 11.9 Å². The SMILES string of the molecule is CC1Cc2cc(F)cc(Cl)c2O1. The van der Waals surface area contributed by atoms with Crippen molar-refractivity contribution in [3.05, 3.63) is 28.5 Å². The minimum Gasteiger partial charge on any atom is -0.489 e. The molecule has 0 saturated heterocycles. The van der Waals surface area contributed by atoms with Crippen LogP contribution >= 0.6 is 11.6 Å². The van der Waals surface area contributed by atoms with Crippen molar-refractivity contribution in [3.63, 3.8) is 0 Å². The lowest BCUT2D eigenvalue weighted by molar-refractivity contribution is 0.255. The first-order valence-corrected chi connectivity index (χ1v) is 4.19. The van der Waals surface area contributed by atoms with Gasteiger partial charge in [0, 0.05) is 12.0 Å². The van der Waals surface area contributed by atoms with E-state index in [1.165, 1.54) is 12.1 Å². The van der Waals surface area contributed by atoms with Crippen molar-refractivity contribution in [3.8, 4) is 5.75 Å². The van der Waals surface area contributed by atoms with E-state index in [1.54, 1.807) is 0 Å². The Labute approximate surface area is 75.1 Å². The van der Waals surface area contributed by atoms with Crippen LogP contribution in [-0.2, 0) is 6.42 Å². The maximum absolute atomic E-state index is 12.8. The van der Waals surface area contributed by atoms with E-state index in [4.69, 9.17) is 16.3 Å². The maximum atomic E-state index is 12.8. The summed E-state index contributed by atoms with van der Waals surface area (Å²) in [7, 11) is 0. The van der Waals surface area contributed by atoms with Gasteiger partial charge in [-0.25, -0.2) is 4.39 Å². The van der Waals surface area contributed by atoms with Crippen molar-refractivity contribution in [1.29, 1.82) is 0 Å². The second-order valence-corrected chi connectivity index (χ2v) is 3.42. The van der Waals surface area contributed by atoms with Gasteiger partial charge >= 0.3 is 0 Å². The monoisotopic (exact) mass is 186 g/mol. The summed E-state index contributed by atoms with van der Waals surface area (Å²) in [5, 5.41) is 0.370. The van der Waals surface area contributed by atoms with E-state index in [2.05, 4.69) is 0 Å². The molecule has 1 nitrogen and oxygen atoms in total. The van der Waals surface area contributed by atoms with E-state index < -0.39 is 0 Å². The van der Waals surface area contributed by atoms with Crippen LogP contribution in [0.2, 0.25) is 5.02 Å². The number of rotatable bonds is 0. The summed E-state index contributed by atoms with van der Waals surface area (Å²) in [4.78, 5) is 0. The molecule has 3 heteroatoms. The van der Waals surface area contributed by atoms with Gasteiger partial charge in [-0.05, 0) is 19.1 Å². The Morgan fingerprint density at radius 2 is 2.33 bits per heavy atom. The topological polar surface area (TPSA) is 9.23 Å². The molecule has 12 heavy (non-hydrogen) atoms. The minimum absolute atomic E-state index is 0.110. The van der Waals surface area contributed by atoms with Crippen LogP contribution in [0.25, 0.3) is 0 Å². The highest BCUT2D eigenvalue weighted by Gasteiger charge is 2.22. The molecule has 1 aromatic carbocycles. The van der Waals surface area contributed by atoms with E-state index in [9.17, 15) is 4.39 Å². The van der Waals surface area contributed by atoms with Crippen molar-refractivity contribution in [2.24, 2.45) is 0 Å². The number of hydrogen-bond acceptors (Lipinski definition) is 1. The molecule has 1 heterocycles. The van der Waals surface area contributed by atoms with E-state index in [0.29, 0.717) is 10.8 Å². The molecule has 0 fully saturated rings. The van der Waals surface area contributed by atoms with E-state index >= 15 is 0 Å². The lowest BCUT2D eigenvalue weighted by atomic mass is 10.1. The Hall–Kier alpha value is -0.760. The van der Waals surface area contributed by atoms with Gasteiger partial charge in [-0.3, -0.25) is 0 Å². The minimum atomic E-state index is -0.295. The number of hydrogen-bond donors (Lipinski definition) is 0. The molecule has 0 bridgehead atoms. The first kappa shape index (κ1) is 7.87. The highest BCUT2D eigenvalue weighted by Crippen LogP contribution is 2.36. The zero-order valence-corrected chi connectivity index (χ0v) is 7.36. The molecule has 0 N–H and O–H groups in total. The largest absolute Gasteiger partial charge is 0.489 e. The van der Waals surface area contributed by atoms with Gasteiger partial charge in [0.2, 0.25) is 0 Å². The summed E-state index contributed by atoms with van der Waals surface area (Å²) in [6.07, 6.45) is 0.853. The summed E-state index contributed by atoms with van der Waals surface area (Å²) in [6, 6.07) is 2.75. The van der Waals surface area contributed by atoms with Gasteiger partial charge in [-0.2, -0.15) is 0 Å². The molecule has 1 aromatic rings. The van der Waals surface area contributed by atoms with Crippen LogP contribution in [-0.4, -0.2) is 6.10 Å². The number of halogens is 2. The normalized spacial score (nSPS) is 20.4. The lowest BCUT2D eigenvalue weighted by Gasteiger charge is -2.03. The fourth-order valence-electron chi connectivity index (χ4n) is 1.45. The highest BCUT2D eigenvalue weighted by atomic mass is 35.5. The third-order valence-corrected chi connectivity index (χ3v) is 2.19. The molecular weight excluding hydrogens is 179 g/mol. The molecule has 0 aromatic heterocycles. The van der Waals surface area contributed by atoms with E-state index in [1.807, 2.05) is 6.92 Å². The maximum Gasteiger partial charge on any atom is 0.141 e. The first-order valence-electron chi connectivity index (χ1n) is 3.81. The van der Waals surface area contributed by atoms with Gasteiger partial charge in [-0.1, -0.05) is 11.6 Å². The van der Waals surface area contributed by atoms with Gasteiger partial charge in [-0.15, -0.1) is 0 Å². The molecule has 1 unspecified atom stereocenters. The fourth-order valence-corrected chi connectivity index (χ4v) is 1.72. The molecule has 64 valence electrons. The predicted molar refractivity (Wildman–Crippen MR) is 45.2 cm³/mol. The number of benzene rings is 1. The van der Waals surface area contributed by atoms with Gasteiger partial charge in [0.05, 0.1) is 5.02 Å². The fraction of sp³-hybridized carbons (Fsp3) is 0.333. The Kier molecular flexibility index (Phi) is 1.72. The summed E-state index contributed by atoms with van der Waals surface area (Å²) in [5.41, 5.74) is 0.868. The van der Waals surface area contributed by atoms with Gasteiger partial charge in [0.25, 0.3) is 0 Å². The first-order chi connectivity index (χ1) is 5.66.